The van der Waals surface area contributed by atoms with Crippen LogP contribution < -0.4 is 9.73 Å². The van der Waals surface area contributed by atoms with E-state index in [1.165, 1.54) is 4.31 Å². The highest BCUT2D eigenvalue weighted by Gasteiger charge is 2.18. The van der Waals surface area contributed by atoms with Crippen LogP contribution in [0, 0.1) is 20.8 Å². The van der Waals surface area contributed by atoms with Gasteiger partial charge in [-0.05, 0) is 74.9 Å². The van der Waals surface area contributed by atoms with Gasteiger partial charge in [-0.25, -0.2) is 13.8 Å². The molecule has 0 aliphatic carbocycles. The molecule has 1 heterocycles. The maximum Gasteiger partial charge on any atom is 0.271 e. The molecule has 4 rings (SSSR count). The number of carbonyl (C=O) groups excluding carboxylic acids is 1. The fourth-order valence-corrected chi connectivity index (χ4v) is 5.38. The molecule has 0 atom stereocenters. The number of sulfonamides is 1. The quantitative estimate of drug-likeness (QED) is 0.192. The van der Waals surface area contributed by atoms with E-state index in [1.807, 2.05) is 61.7 Å². The van der Waals surface area contributed by atoms with Crippen molar-refractivity contribution in [1.82, 2.24) is 9.99 Å². The molecule has 7 nitrogen and oxygen atoms in total. The van der Waals surface area contributed by atoms with Crippen molar-refractivity contribution in [2.75, 3.05) is 10.6 Å². The molecule has 0 aliphatic heterocycles. The monoisotopic (exact) mass is 582 g/mol. The van der Waals surface area contributed by atoms with E-state index in [0.29, 0.717) is 21.3 Å². The first-order chi connectivity index (χ1) is 18.4. The number of carbonyl (C=O) groups is 1. The van der Waals surface area contributed by atoms with Gasteiger partial charge >= 0.3 is 0 Å². The Balaban J connectivity index is 1.46. The molecule has 3 aromatic carbocycles. The summed E-state index contributed by atoms with van der Waals surface area (Å²) in [7, 11) is -3.54. The summed E-state index contributed by atoms with van der Waals surface area (Å²) >= 11 is 12.2. The molecule has 1 amide bonds. The Kier molecular flexibility index (Phi) is 8.49. The molecule has 1 aromatic heterocycles. The number of amides is 1. The molecular formula is C29H28Cl2N4O3S. The van der Waals surface area contributed by atoms with Crippen molar-refractivity contribution in [3.63, 3.8) is 0 Å². The predicted molar refractivity (Wildman–Crippen MR) is 159 cm³/mol. The molecule has 10 heteroatoms. The minimum Gasteiger partial charge on any atom is -0.318 e. The predicted octanol–water partition coefficient (Wildman–Crippen LogP) is 6.44. The van der Waals surface area contributed by atoms with Gasteiger partial charge in [0.2, 0.25) is 10.0 Å². The topological polar surface area (TPSA) is 83.8 Å². The molecule has 1 N–H and O–H groups in total. The van der Waals surface area contributed by atoms with Crippen LogP contribution in [0.15, 0.2) is 77.9 Å². The Labute approximate surface area is 238 Å². The van der Waals surface area contributed by atoms with Crippen LogP contribution in [0.3, 0.4) is 0 Å². The Bertz CT molecular complexity index is 1650. The number of hydrogen-bond acceptors (Lipinski definition) is 4. The van der Waals surface area contributed by atoms with Crippen LogP contribution in [0.2, 0.25) is 10.0 Å². The Morgan fingerprint density at radius 2 is 1.62 bits per heavy atom. The van der Waals surface area contributed by atoms with Crippen LogP contribution in [0.1, 0.15) is 38.4 Å². The minimum atomic E-state index is -3.54. The van der Waals surface area contributed by atoms with Gasteiger partial charge in [0, 0.05) is 28.2 Å². The van der Waals surface area contributed by atoms with Gasteiger partial charge in [0.25, 0.3) is 5.91 Å². The minimum absolute atomic E-state index is 0.190. The summed E-state index contributed by atoms with van der Waals surface area (Å²) in [5.74, 6) is -0.416. The molecule has 4 aromatic rings. The third-order valence-corrected chi connectivity index (χ3v) is 8.15. The van der Waals surface area contributed by atoms with Gasteiger partial charge in [-0.3, -0.25) is 9.10 Å². The fraction of sp³-hybridized carbons (Fsp3) is 0.172. The summed E-state index contributed by atoms with van der Waals surface area (Å²) < 4.78 is 28.3. The molecule has 0 saturated heterocycles. The van der Waals surface area contributed by atoms with E-state index >= 15 is 0 Å². The number of hydrazone groups is 1. The maximum absolute atomic E-state index is 12.7. The van der Waals surface area contributed by atoms with Crippen molar-refractivity contribution in [3.05, 3.63) is 116 Å². The molecule has 39 heavy (non-hydrogen) atoms. The number of hydrogen-bond donors (Lipinski definition) is 1. The van der Waals surface area contributed by atoms with Gasteiger partial charge in [-0.1, -0.05) is 53.0 Å². The van der Waals surface area contributed by atoms with Crippen molar-refractivity contribution in [1.29, 1.82) is 0 Å². The number of halogens is 2. The first-order valence-electron chi connectivity index (χ1n) is 12.0. The summed E-state index contributed by atoms with van der Waals surface area (Å²) in [6, 6.07) is 21.4. The molecule has 0 unspecified atom stereocenters. The van der Waals surface area contributed by atoms with Crippen molar-refractivity contribution < 1.29 is 13.2 Å². The Morgan fingerprint density at radius 1 is 0.949 bits per heavy atom. The van der Waals surface area contributed by atoms with E-state index in [9.17, 15) is 13.2 Å². The third kappa shape index (κ3) is 6.71. The molecule has 0 radical (unpaired) electrons. The number of nitrogens with one attached hydrogen (secondary N) is 1. The summed E-state index contributed by atoms with van der Waals surface area (Å²) in [5, 5.41) is 5.07. The number of aryl methyl sites for hydroxylation is 2. The van der Waals surface area contributed by atoms with E-state index in [0.717, 1.165) is 40.0 Å². The van der Waals surface area contributed by atoms with Gasteiger partial charge in [0.15, 0.2) is 0 Å². The number of benzene rings is 3. The second-order valence-electron chi connectivity index (χ2n) is 9.26. The molecule has 0 aliphatic rings. The van der Waals surface area contributed by atoms with Crippen molar-refractivity contribution in [3.8, 4) is 5.69 Å². The van der Waals surface area contributed by atoms with Crippen LogP contribution in [0.25, 0.3) is 5.69 Å². The van der Waals surface area contributed by atoms with Crippen LogP contribution in [-0.4, -0.2) is 31.4 Å². The number of anilines is 1. The van der Waals surface area contributed by atoms with Gasteiger partial charge in [-0.15, -0.1) is 0 Å². The van der Waals surface area contributed by atoms with E-state index < -0.39 is 15.9 Å². The van der Waals surface area contributed by atoms with Gasteiger partial charge in [0.05, 0.1) is 34.7 Å². The van der Waals surface area contributed by atoms with E-state index in [-0.39, 0.29) is 6.54 Å². The normalized spacial score (nSPS) is 11.6. The summed E-state index contributed by atoms with van der Waals surface area (Å²) in [6.07, 6.45) is 2.74. The second-order valence-corrected chi connectivity index (χ2v) is 12.0. The zero-order chi connectivity index (χ0) is 28.3. The fourth-order valence-electron chi connectivity index (χ4n) is 4.20. The molecule has 0 bridgehead atoms. The van der Waals surface area contributed by atoms with Gasteiger partial charge in [-0.2, -0.15) is 5.10 Å². The lowest BCUT2D eigenvalue weighted by Gasteiger charge is -2.22. The first-order valence-corrected chi connectivity index (χ1v) is 14.7. The highest BCUT2D eigenvalue weighted by atomic mass is 35.5. The second kappa shape index (κ2) is 11.7. The standard InChI is InChI=1S/C29H28Cl2N4O3S/c1-19-5-7-22(8-6-19)18-34(39(4,37)38)25-11-9-23(10-12-25)29(36)33-32-17-24-15-20(2)35(21(24)3)26-13-14-27(30)28(31)16-26/h5-17H,18H2,1-4H3,(H,33,36)/b32-17-. The lowest BCUT2D eigenvalue weighted by molar-refractivity contribution is 0.0955. The SMILES string of the molecule is Cc1ccc(CN(c2ccc(C(=O)N/N=C\c3cc(C)n(-c4ccc(Cl)c(Cl)c4)c3C)cc2)S(C)(=O)=O)cc1. The largest absolute Gasteiger partial charge is 0.318 e. The number of nitrogens with zero attached hydrogens (tertiary/aromatic N) is 3. The van der Waals surface area contributed by atoms with Crippen LogP contribution in [0.4, 0.5) is 5.69 Å². The maximum atomic E-state index is 12.7. The van der Waals surface area contributed by atoms with Crippen molar-refractivity contribution in [2.24, 2.45) is 5.10 Å². The smallest absolute Gasteiger partial charge is 0.271 e. The van der Waals surface area contributed by atoms with Crippen LogP contribution >= 0.6 is 23.2 Å². The molecule has 202 valence electrons. The lowest BCUT2D eigenvalue weighted by Crippen LogP contribution is -2.29. The van der Waals surface area contributed by atoms with Gasteiger partial charge in [0.1, 0.15) is 0 Å². The Morgan fingerprint density at radius 3 is 2.23 bits per heavy atom. The Hall–Kier alpha value is -3.59. The average molecular weight is 584 g/mol. The van der Waals surface area contributed by atoms with E-state index in [4.69, 9.17) is 23.2 Å². The summed E-state index contributed by atoms with van der Waals surface area (Å²) in [4.78, 5) is 12.7. The van der Waals surface area contributed by atoms with Crippen LogP contribution in [0.5, 0.6) is 0 Å². The summed E-state index contributed by atoms with van der Waals surface area (Å²) in [6.45, 7) is 6.07. The van der Waals surface area contributed by atoms with Crippen molar-refractivity contribution in [2.45, 2.75) is 27.3 Å². The highest BCUT2D eigenvalue weighted by molar-refractivity contribution is 7.92. The van der Waals surface area contributed by atoms with Gasteiger partial charge < -0.3 is 4.57 Å². The van der Waals surface area contributed by atoms with Crippen LogP contribution in [-0.2, 0) is 16.6 Å². The first kappa shape index (κ1) is 28.4. The molecule has 0 fully saturated rings. The highest BCUT2D eigenvalue weighted by Crippen LogP contribution is 2.27. The molecule has 0 saturated carbocycles. The number of aromatic nitrogens is 1. The molecule has 0 spiro atoms. The van der Waals surface area contributed by atoms with E-state index in [1.54, 1.807) is 42.6 Å². The lowest BCUT2D eigenvalue weighted by atomic mass is 10.1. The number of rotatable bonds is 8. The average Bonchev–Trinajstić information content (AvgIpc) is 3.17. The van der Waals surface area contributed by atoms with Crippen molar-refractivity contribution >= 4 is 51.0 Å². The van der Waals surface area contributed by atoms with E-state index in [2.05, 4.69) is 10.5 Å². The summed E-state index contributed by atoms with van der Waals surface area (Å²) in [5.41, 5.74) is 8.89. The third-order valence-electron chi connectivity index (χ3n) is 6.27. The zero-order valence-electron chi connectivity index (χ0n) is 21.9. The zero-order valence-corrected chi connectivity index (χ0v) is 24.3. The molecular weight excluding hydrogens is 555 g/mol.